The van der Waals surface area contributed by atoms with E-state index in [1.165, 1.54) is 11.1 Å². The number of para-hydroxylation sites is 4. The highest BCUT2D eigenvalue weighted by atomic mass is 32.1. The molecule has 0 aromatic heterocycles. The van der Waals surface area contributed by atoms with E-state index in [1.54, 1.807) is 0 Å². The van der Waals surface area contributed by atoms with Crippen LogP contribution in [0.3, 0.4) is 0 Å². The number of anilines is 6. The molecule has 0 bridgehead atoms. The highest BCUT2D eigenvalue weighted by molar-refractivity contribution is 7.81. The Hall–Kier alpha value is -4.13. The summed E-state index contributed by atoms with van der Waals surface area (Å²) in [6, 6.07) is 33.4. The van der Waals surface area contributed by atoms with Crippen molar-refractivity contribution in [3.8, 4) is 0 Å². The summed E-state index contributed by atoms with van der Waals surface area (Å²) in [5, 5.41) is 11.3. The van der Waals surface area contributed by atoms with Crippen molar-refractivity contribution in [2.24, 2.45) is 0 Å². The summed E-state index contributed by atoms with van der Waals surface area (Å²) in [4.78, 5) is 0.779. The Morgan fingerprint density at radius 1 is 0.692 bits per heavy atom. The first-order valence-electron chi connectivity index (χ1n) is 13.5. The van der Waals surface area contributed by atoms with E-state index < -0.39 is 0 Å². The van der Waals surface area contributed by atoms with E-state index in [2.05, 4.69) is 133 Å². The number of hydrogen-bond acceptors (Lipinski definition) is 5. The third kappa shape index (κ3) is 6.30. The van der Waals surface area contributed by atoms with Crippen LogP contribution in [0.15, 0.2) is 109 Å². The van der Waals surface area contributed by atoms with Gasteiger partial charge in [0, 0.05) is 23.1 Å². The molecule has 4 aromatic carbocycles. The second kappa shape index (κ2) is 12.2. The zero-order valence-corrected chi connectivity index (χ0v) is 23.6. The zero-order chi connectivity index (χ0) is 27.2. The minimum Gasteiger partial charge on any atom is -0.354 e. The highest BCUT2D eigenvalue weighted by Gasteiger charge is 2.27. The molecule has 0 aliphatic carbocycles. The van der Waals surface area contributed by atoms with E-state index in [9.17, 15) is 0 Å². The number of nitrogens with zero attached hydrogens (tertiary/aromatic N) is 2. The number of rotatable bonds is 9. The Morgan fingerprint density at radius 3 is 1.77 bits per heavy atom. The predicted octanol–water partition coefficient (Wildman–Crippen LogP) is 8.94. The molecule has 1 aliphatic rings. The van der Waals surface area contributed by atoms with Gasteiger partial charge in [0.25, 0.3) is 0 Å². The molecule has 6 heteroatoms. The minimum absolute atomic E-state index is 0.779. The molecule has 5 nitrogen and oxygen atoms in total. The molecule has 0 radical (unpaired) electrons. The number of benzene rings is 4. The van der Waals surface area contributed by atoms with Gasteiger partial charge in [0.1, 0.15) is 4.99 Å². The Kier molecular flexibility index (Phi) is 8.25. The van der Waals surface area contributed by atoms with Crippen LogP contribution in [0.5, 0.6) is 0 Å². The molecule has 5 rings (SSSR count). The molecule has 0 amide bonds. The molecule has 0 unspecified atom stereocenters. The average Bonchev–Trinajstić information content (AvgIpc) is 2.96. The maximum atomic E-state index is 6.06. The fourth-order valence-corrected chi connectivity index (χ4v) is 4.80. The highest BCUT2D eigenvalue weighted by Crippen LogP contribution is 2.35. The van der Waals surface area contributed by atoms with Gasteiger partial charge in [0.05, 0.1) is 22.7 Å². The van der Waals surface area contributed by atoms with E-state index in [-0.39, 0.29) is 0 Å². The second-order valence-electron chi connectivity index (χ2n) is 9.88. The Balaban J connectivity index is 1.50. The summed E-state index contributed by atoms with van der Waals surface area (Å²) in [5.74, 6) is 0. The third-order valence-electron chi connectivity index (χ3n) is 6.74. The van der Waals surface area contributed by atoms with Gasteiger partial charge < -0.3 is 10.6 Å². The summed E-state index contributed by atoms with van der Waals surface area (Å²) in [7, 11) is 0. The molecule has 0 spiro atoms. The van der Waals surface area contributed by atoms with Gasteiger partial charge in [-0.3, -0.25) is 5.01 Å². The van der Waals surface area contributed by atoms with Gasteiger partial charge in [0.2, 0.25) is 0 Å². The summed E-state index contributed by atoms with van der Waals surface area (Å²) in [6.07, 6.45) is 5.22. The fourth-order valence-electron chi connectivity index (χ4n) is 4.51. The normalized spacial score (nSPS) is 13.3. The first-order chi connectivity index (χ1) is 19.0. The standard InChI is InChI=1S/C33H35N5S/c1-4-5-10-26-23-37(31-13-8-6-11-29(31)34-27-19-15-24(2)16-20-27)36-38(33(26)39)32-14-9-7-12-30(32)35-28-21-17-25(3)18-22-28/h6-9,11-23,34-36H,4-5,10H2,1-3H3. The molecule has 3 N–H and O–H groups in total. The van der Waals surface area contributed by atoms with Crippen LogP contribution in [-0.2, 0) is 0 Å². The van der Waals surface area contributed by atoms with E-state index in [4.69, 9.17) is 12.2 Å². The topological polar surface area (TPSA) is 42.6 Å². The van der Waals surface area contributed by atoms with Gasteiger partial charge in [-0.2, -0.15) is 0 Å². The monoisotopic (exact) mass is 533 g/mol. The van der Waals surface area contributed by atoms with Crippen molar-refractivity contribution in [2.75, 3.05) is 20.7 Å². The molecular formula is C33H35N5S. The average molecular weight is 534 g/mol. The molecule has 198 valence electrons. The molecule has 0 fully saturated rings. The first kappa shape index (κ1) is 26.5. The number of hydrogen-bond donors (Lipinski definition) is 3. The zero-order valence-electron chi connectivity index (χ0n) is 22.7. The van der Waals surface area contributed by atoms with Crippen LogP contribution >= 0.6 is 12.2 Å². The van der Waals surface area contributed by atoms with Crippen molar-refractivity contribution >= 4 is 51.3 Å². The Bertz CT molecular complexity index is 1460. The van der Waals surface area contributed by atoms with Gasteiger partial charge >= 0.3 is 0 Å². The summed E-state index contributed by atoms with van der Waals surface area (Å²) < 4.78 is 0. The minimum atomic E-state index is 0.779. The Labute approximate surface area is 237 Å². The summed E-state index contributed by atoms with van der Waals surface area (Å²) in [6.45, 7) is 6.40. The van der Waals surface area contributed by atoms with Crippen LogP contribution in [-0.4, -0.2) is 4.99 Å². The maximum absolute atomic E-state index is 6.06. The predicted molar refractivity (Wildman–Crippen MR) is 170 cm³/mol. The second-order valence-corrected chi connectivity index (χ2v) is 10.3. The molecule has 0 atom stereocenters. The van der Waals surface area contributed by atoms with Crippen molar-refractivity contribution in [3.63, 3.8) is 0 Å². The van der Waals surface area contributed by atoms with Gasteiger partial charge in [-0.15, -0.1) is 5.53 Å². The third-order valence-corrected chi connectivity index (χ3v) is 7.18. The lowest BCUT2D eigenvalue weighted by atomic mass is 10.1. The van der Waals surface area contributed by atoms with Crippen molar-refractivity contribution in [3.05, 3.63) is 120 Å². The number of hydrazine groups is 2. The number of unbranched alkanes of at least 4 members (excludes halogenated alkanes) is 1. The van der Waals surface area contributed by atoms with Crippen LogP contribution in [0, 0.1) is 13.8 Å². The van der Waals surface area contributed by atoms with Crippen molar-refractivity contribution < 1.29 is 0 Å². The van der Waals surface area contributed by atoms with Crippen LogP contribution < -0.4 is 26.2 Å². The lowest BCUT2D eigenvalue weighted by molar-refractivity contribution is 0.703. The van der Waals surface area contributed by atoms with Crippen molar-refractivity contribution in [2.45, 2.75) is 40.0 Å². The number of nitrogens with one attached hydrogen (secondary N) is 3. The Morgan fingerprint density at radius 2 is 1.21 bits per heavy atom. The van der Waals surface area contributed by atoms with Crippen molar-refractivity contribution in [1.29, 1.82) is 0 Å². The van der Waals surface area contributed by atoms with E-state index in [1.807, 2.05) is 17.1 Å². The quantitative estimate of drug-likeness (QED) is 0.187. The molecule has 0 saturated heterocycles. The molecule has 4 aromatic rings. The molecular weight excluding hydrogens is 498 g/mol. The summed E-state index contributed by atoms with van der Waals surface area (Å²) in [5.41, 5.74) is 13.2. The van der Waals surface area contributed by atoms with Gasteiger partial charge in [-0.1, -0.05) is 85.2 Å². The first-order valence-corrected chi connectivity index (χ1v) is 13.9. The van der Waals surface area contributed by atoms with Crippen LogP contribution in [0.25, 0.3) is 0 Å². The van der Waals surface area contributed by atoms with Crippen LogP contribution in [0.1, 0.15) is 37.3 Å². The SMILES string of the molecule is CCCCC1=CN(c2ccccc2Nc2ccc(C)cc2)NN(c2ccccc2Nc2ccc(C)cc2)C1=S. The van der Waals surface area contributed by atoms with Crippen LogP contribution in [0.2, 0.25) is 0 Å². The molecule has 1 aliphatic heterocycles. The fraction of sp³-hybridized carbons (Fsp3) is 0.182. The van der Waals surface area contributed by atoms with Crippen molar-refractivity contribution in [1.82, 2.24) is 5.53 Å². The molecule has 0 saturated carbocycles. The molecule has 1 heterocycles. The number of aryl methyl sites for hydroxylation is 2. The van der Waals surface area contributed by atoms with Gasteiger partial charge in [-0.05, 0) is 75.2 Å². The largest absolute Gasteiger partial charge is 0.354 e. The van der Waals surface area contributed by atoms with Crippen LogP contribution in [0.4, 0.5) is 34.1 Å². The smallest absolute Gasteiger partial charge is 0.127 e. The van der Waals surface area contributed by atoms with E-state index in [0.29, 0.717) is 0 Å². The van der Waals surface area contributed by atoms with E-state index in [0.717, 1.165) is 63.9 Å². The maximum Gasteiger partial charge on any atom is 0.127 e. The van der Waals surface area contributed by atoms with Gasteiger partial charge in [0.15, 0.2) is 0 Å². The lowest BCUT2D eigenvalue weighted by Gasteiger charge is -2.39. The molecule has 39 heavy (non-hydrogen) atoms. The summed E-state index contributed by atoms with van der Waals surface area (Å²) >= 11 is 6.06. The van der Waals surface area contributed by atoms with E-state index >= 15 is 0 Å². The number of thiocarbonyl (C=S) groups is 1. The lowest BCUT2D eigenvalue weighted by Crippen LogP contribution is -2.55. The van der Waals surface area contributed by atoms with Gasteiger partial charge in [-0.25, -0.2) is 5.01 Å².